The van der Waals surface area contributed by atoms with E-state index >= 15 is 0 Å². The van der Waals surface area contributed by atoms with Crippen LogP contribution in [0.4, 0.5) is 4.39 Å². The fourth-order valence-electron chi connectivity index (χ4n) is 4.14. The minimum Gasteiger partial charge on any atom is -0.342 e. The molecule has 0 spiro atoms. The van der Waals surface area contributed by atoms with Gasteiger partial charge in [-0.1, -0.05) is 36.4 Å². The van der Waals surface area contributed by atoms with Crippen LogP contribution in [0.25, 0.3) is 0 Å². The summed E-state index contributed by atoms with van der Waals surface area (Å²) >= 11 is 0. The lowest BCUT2D eigenvalue weighted by Gasteiger charge is -2.40. The Hall–Kier alpha value is -2.69. The quantitative estimate of drug-likeness (QED) is 0.838. The summed E-state index contributed by atoms with van der Waals surface area (Å²) in [5.74, 6) is -0.278. The summed E-state index contributed by atoms with van der Waals surface area (Å²) in [6.07, 6.45) is 2.52. The maximum atomic E-state index is 13.8. The average molecular weight is 366 g/mol. The van der Waals surface area contributed by atoms with Gasteiger partial charge >= 0.3 is 0 Å². The fourth-order valence-corrected chi connectivity index (χ4v) is 4.14. The van der Waals surface area contributed by atoms with Gasteiger partial charge in [0.2, 0.25) is 5.91 Å². The zero-order valence-electron chi connectivity index (χ0n) is 15.2. The van der Waals surface area contributed by atoms with Gasteiger partial charge in [0.05, 0.1) is 6.42 Å². The molecule has 0 saturated carbocycles. The van der Waals surface area contributed by atoms with Crippen molar-refractivity contribution in [3.05, 3.63) is 71.0 Å². The van der Waals surface area contributed by atoms with E-state index < -0.39 is 0 Å². The second-order valence-corrected chi connectivity index (χ2v) is 7.29. The number of likely N-dealkylation sites (tertiary alicyclic amines) is 1. The molecule has 4 rings (SSSR count). The molecule has 2 amide bonds. The Morgan fingerprint density at radius 2 is 1.70 bits per heavy atom. The van der Waals surface area contributed by atoms with Crippen LogP contribution in [0, 0.1) is 5.82 Å². The molecule has 2 aliphatic heterocycles. The number of hydrogen-bond acceptors (Lipinski definition) is 2. The molecule has 4 nitrogen and oxygen atoms in total. The van der Waals surface area contributed by atoms with Gasteiger partial charge in [0.25, 0.3) is 5.91 Å². The summed E-state index contributed by atoms with van der Waals surface area (Å²) in [6, 6.07) is 14.4. The number of carbonyl (C=O) groups excluding carboxylic acids is 2. The van der Waals surface area contributed by atoms with Gasteiger partial charge in [-0.05, 0) is 42.5 Å². The van der Waals surface area contributed by atoms with Crippen molar-refractivity contribution in [1.82, 2.24) is 9.80 Å². The molecule has 1 saturated heterocycles. The SMILES string of the molecule is O=C(Cc1ccccc1F)N1CCC(N2CCc3ccccc3C2=O)CC1. The van der Waals surface area contributed by atoms with Crippen molar-refractivity contribution in [2.75, 3.05) is 19.6 Å². The summed E-state index contributed by atoms with van der Waals surface area (Å²) in [5, 5.41) is 0. The van der Waals surface area contributed by atoms with Gasteiger partial charge in [-0.25, -0.2) is 4.39 Å². The number of rotatable bonds is 3. The number of nitrogens with zero attached hydrogens (tertiary/aromatic N) is 2. The van der Waals surface area contributed by atoms with Crippen LogP contribution in [0.5, 0.6) is 0 Å². The van der Waals surface area contributed by atoms with Gasteiger partial charge < -0.3 is 9.80 Å². The van der Waals surface area contributed by atoms with Gasteiger partial charge in [-0.2, -0.15) is 0 Å². The maximum Gasteiger partial charge on any atom is 0.254 e. The number of amides is 2. The lowest BCUT2D eigenvalue weighted by molar-refractivity contribution is -0.131. The van der Waals surface area contributed by atoms with Crippen LogP contribution in [-0.2, 0) is 17.6 Å². The first-order valence-electron chi connectivity index (χ1n) is 9.53. The lowest BCUT2D eigenvalue weighted by atomic mass is 9.94. The van der Waals surface area contributed by atoms with Crippen LogP contribution in [0.2, 0.25) is 0 Å². The largest absolute Gasteiger partial charge is 0.342 e. The van der Waals surface area contributed by atoms with Crippen LogP contribution in [0.15, 0.2) is 48.5 Å². The molecule has 0 unspecified atom stereocenters. The van der Waals surface area contributed by atoms with Crippen molar-refractivity contribution in [1.29, 1.82) is 0 Å². The highest BCUT2D eigenvalue weighted by atomic mass is 19.1. The molecule has 27 heavy (non-hydrogen) atoms. The van der Waals surface area contributed by atoms with E-state index in [1.807, 2.05) is 29.2 Å². The Balaban J connectivity index is 1.36. The Bertz CT molecular complexity index is 859. The lowest BCUT2D eigenvalue weighted by Crippen LogP contribution is -2.51. The molecule has 140 valence electrons. The van der Waals surface area contributed by atoms with Gasteiger partial charge in [-0.15, -0.1) is 0 Å². The monoisotopic (exact) mass is 366 g/mol. The number of halogens is 1. The highest BCUT2D eigenvalue weighted by Crippen LogP contribution is 2.25. The zero-order chi connectivity index (χ0) is 18.8. The van der Waals surface area contributed by atoms with Crippen molar-refractivity contribution < 1.29 is 14.0 Å². The van der Waals surface area contributed by atoms with Crippen LogP contribution in [0.3, 0.4) is 0 Å². The van der Waals surface area contributed by atoms with Crippen molar-refractivity contribution >= 4 is 11.8 Å². The molecule has 2 aromatic rings. The van der Waals surface area contributed by atoms with Crippen molar-refractivity contribution in [2.45, 2.75) is 31.7 Å². The summed E-state index contributed by atoms with van der Waals surface area (Å²) in [4.78, 5) is 29.1. The van der Waals surface area contributed by atoms with E-state index in [1.165, 1.54) is 6.07 Å². The van der Waals surface area contributed by atoms with Crippen molar-refractivity contribution in [3.8, 4) is 0 Å². The minimum atomic E-state index is -0.335. The number of fused-ring (bicyclic) bond motifs is 1. The van der Waals surface area contributed by atoms with E-state index in [2.05, 4.69) is 0 Å². The Kier molecular flexibility index (Phi) is 4.92. The molecular weight excluding hydrogens is 343 g/mol. The van der Waals surface area contributed by atoms with Crippen molar-refractivity contribution in [2.24, 2.45) is 0 Å². The Morgan fingerprint density at radius 1 is 1.00 bits per heavy atom. The number of hydrogen-bond donors (Lipinski definition) is 0. The summed E-state index contributed by atoms with van der Waals surface area (Å²) < 4.78 is 13.8. The summed E-state index contributed by atoms with van der Waals surface area (Å²) in [5.41, 5.74) is 2.37. The van der Waals surface area contributed by atoms with Crippen LogP contribution < -0.4 is 0 Å². The summed E-state index contributed by atoms with van der Waals surface area (Å²) in [6.45, 7) is 1.97. The van der Waals surface area contributed by atoms with Gasteiger partial charge in [0, 0.05) is 31.2 Å². The normalized spacial score (nSPS) is 17.7. The standard InChI is InChI=1S/C22H23FN2O2/c23-20-8-4-2-6-17(20)15-21(26)24-12-10-18(11-13-24)25-14-9-16-5-1-3-7-19(16)22(25)27/h1-8,18H,9-15H2. The molecule has 2 aromatic carbocycles. The van der Waals surface area contributed by atoms with E-state index in [9.17, 15) is 14.0 Å². The fraction of sp³-hybridized carbons (Fsp3) is 0.364. The third kappa shape index (κ3) is 3.59. The van der Waals surface area contributed by atoms with Crippen LogP contribution in [0.1, 0.15) is 34.3 Å². The van der Waals surface area contributed by atoms with E-state index in [-0.39, 0.29) is 30.1 Å². The van der Waals surface area contributed by atoms with Crippen molar-refractivity contribution in [3.63, 3.8) is 0 Å². The summed E-state index contributed by atoms with van der Waals surface area (Å²) in [7, 11) is 0. The first-order valence-corrected chi connectivity index (χ1v) is 9.53. The highest BCUT2D eigenvalue weighted by molar-refractivity contribution is 5.97. The predicted molar refractivity (Wildman–Crippen MR) is 101 cm³/mol. The third-order valence-electron chi connectivity index (χ3n) is 5.69. The maximum absolute atomic E-state index is 13.8. The third-order valence-corrected chi connectivity index (χ3v) is 5.69. The van der Waals surface area contributed by atoms with E-state index in [0.717, 1.165) is 36.9 Å². The smallest absolute Gasteiger partial charge is 0.254 e. The molecular formula is C22H23FN2O2. The first-order chi connectivity index (χ1) is 13.1. The van der Waals surface area contributed by atoms with E-state index in [1.54, 1.807) is 23.1 Å². The molecule has 5 heteroatoms. The molecule has 0 aromatic heterocycles. The zero-order valence-corrected chi connectivity index (χ0v) is 15.2. The molecule has 0 N–H and O–H groups in total. The second-order valence-electron chi connectivity index (χ2n) is 7.29. The Labute approximate surface area is 158 Å². The number of carbonyl (C=O) groups is 2. The first kappa shape index (κ1) is 17.7. The number of benzene rings is 2. The van der Waals surface area contributed by atoms with E-state index in [0.29, 0.717) is 18.7 Å². The molecule has 0 aliphatic carbocycles. The second kappa shape index (κ2) is 7.51. The molecule has 0 atom stereocenters. The average Bonchev–Trinajstić information content (AvgIpc) is 2.70. The van der Waals surface area contributed by atoms with Crippen LogP contribution in [-0.4, -0.2) is 47.3 Å². The Morgan fingerprint density at radius 3 is 2.48 bits per heavy atom. The number of piperidine rings is 1. The molecule has 2 aliphatic rings. The van der Waals surface area contributed by atoms with E-state index in [4.69, 9.17) is 0 Å². The molecule has 0 bridgehead atoms. The minimum absolute atomic E-state index is 0.0473. The van der Waals surface area contributed by atoms with Gasteiger partial charge in [0.15, 0.2) is 0 Å². The van der Waals surface area contributed by atoms with Gasteiger partial charge in [0.1, 0.15) is 5.82 Å². The highest BCUT2D eigenvalue weighted by Gasteiger charge is 2.33. The molecule has 0 radical (unpaired) electrons. The van der Waals surface area contributed by atoms with Crippen LogP contribution >= 0.6 is 0 Å². The molecule has 2 heterocycles. The molecule has 1 fully saturated rings. The topological polar surface area (TPSA) is 40.6 Å². The predicted octanol–water partition coefficient (Wildman–Crippen LogP) is 3.06. The van der Waals surface area contributed by atoms with Gasteiger partial charge in [-0.3, -0.25) is 9.59 Å².